The highest BCUT2D eigenvalue weighted by molar-refractivity contribution is 7.15. The Hall–Kier alpha value is -3.33. The lowest BCUT2D eigenvalue weighted by Crippen LogP contribution is -2.41. The molecule has 0 spiro atoms. The lowest BCUT2D eigenvalue weighted by Gasteiger charge is -2.08. The lowest BCUT2D eigenvalue weighted by atomic mass is 10.1. The molecule has 1 aromatic carbocycles. The van der Waals surface area contributed by atoms with E-state index in [0.29, 0.717) is 27.2 Å². The van der Waals surface area contributed by atoms with Gasteiger partial charge in [-0.15, -0.1) is 11.3 Å². The molecular formula is C19H16N4O4S. The normalized spacial score (nSPS) is 12.6. The Morgan fingerprint density at radius 1 is 1.07 bits per heavy atom. The number of nitrogens with zero attached hydrogens (tertiary/aromatic N) is 2. The number of fused-ring (bicyclic) bond motifs is 2. The van der Waals surface area contributed by atoms with E-state index >= 15 is 0 Å². The Balaban J connectivity index is 1.51. The van der Waals surface area contributed by atoms with Crippen molar-refractivity contribution in [2.24, 2.45) is 0 Å². The maximum absolute atomic E-state index is 12.5. The zero-order valence-electron chi connectivity index (χ0n) is 14.9. The molecule has 142 valence electrons. The average Bonchev–Trinajstić information content (AvgIpc) is 3.35. The van der Waals surface area contributed by atoms with Crippen LogP contribution in [0.25, 0.3) is 10.9 Å². The van der Waals surface area contributed by atoms with Crippen molar-refractivity contribution in [2.45, 2.75) is 26.3 Å². The predicted molar refractivity (Wildman–Crippen MR) is 104 cm³/mol. The average molecular weight is 396 g/mol. The molecule has 3 aromatic rings. The van der Waals surface area contributed by atoms with Gasteiger partial charge in [0.2, 0.25) is 0 Å². The number of benzene rings is 1. The summed E-state index contributed by atoms with van der Waals surface area (Å²) in [7, 11) is 0. The number of aromatic nitrogens is 2. The molecule has 2 N–H and O–H groups in total. The molecular weight excluding hydrogens is 380 g/mol. The third kappa shape index (κ3) is 3.20. The Kier molecular flexibility index (Phi) is 4.52. The highest BCUT2D eigenvalue weighted by atomic mass is 32.1. The minimum Gasteiger partial charge on any atom is -0.296 e. The van der Waals surface area contributed by atoms with E-state index < -0.39 is 11.8 Å². The zero-order valence-corrected chi connectivity index (χ0v) is 15.8. The minimum absolute atomic E-state index is 0.100. The summed E-state index contributed by atoms with van der Waals surface area (Å²) in [5.41, 5.74) is 5.30. The first-order valence-corrected chi connectivity index (χ1v) is 9.50. The maximum atomic E-state index is 12.5. The van der Waals surface area contributed by atoms with Crippen LogP contribution < -0.4 is 16.4 Å². The lowest BCUT2D eigenvalue weighted by molar-refractivity contribution is 0.0849. The Morgan fingerprint density at radius 2 is 1.82 bits per heavy atom. The first-order chi connectivity index (χ1) is 13.4. The van der Waals surface area contributed by atoms with Gasteiger partial charge in [0.1, 0.15) is 5.82 Å². The van der Waals surface area contributed by atoms with Crippen molar-refractivity contribution in [3.05, 3.63) is 61.8 Å². The molecule has 0 atom stereocenters. The van der Waals surface area contributed by atoms with Gasteiger partial charge in [0, 0.05) is 18.5 Å². The highest BCUT2D eigenvalue weighted by Gasteiger charge is 2.18. The quantitative estimate of drug-likeness (QED) is 0.517. The second kappa shape index (κ2) is 7.01. The number of rotatable bonds is 3. The molecule has 0 bridgehead atoms. The van der Waals surface area contributed by atoms with Crippen LogP contribution in [-0.2, 0) is 13.0 Å². The number of carbonyl (C=O) groups is 3. The van der Waals surface area contributed by atoms with Crippen LogP contribution in [0.4, 0.5) is 0 Å². The van der Waals surface area contributed by atoms with E-state index in [2.05, 4.69) is 15.8 Å². The summed E-state index contributed by atoms with van der Waals surface area (Å²) in [6.45, 7) is 2.09. The Labute approximate surface area is 163 Å². The molecule has 1 aliphatic rings. The van der Waals surface area contributed by atoms with E-state index in [9.17, 15) is 19.2 Å². The van der Waals surface area contributed by atoms with Crippen molar-refractivity contribution in [1.82, 2.24) is 20.4 Å². The Morgan fingerprint density at radius 3 is 2.57 bits per heavy atom. The van der Waals surface area contributed by atoms with Gasteiger partial charge in [-0.2, -0.15) is 0 Å². The number of hydrazine groups is 1. The molecule has 0 radical (unpaired) electrons. The van der Waals surface area contributed by atoms with Crippen LogP contribution in [0, 0.1) is 0 Å². The number of carbonyl (C=O) groups excluding carboxylic acids is 3. The van der Waals surface area contributed by atoms with Gasteiger partial charge in [0.25, 0.3) is 17.4 Å². The first-order valence-electron chi connectivity index (χ1n) is 8.69. The van der Waals surface area contributed by atoms with E-state index in [1.807, 2.05) is 0 Å². The number of nitrogens with one attached hydrogen (secondary N) is 2. The van der Waals surface area contributed by atoms with Crippen LogP contribution in [0.3, 0.4) is 0 Å². The molecule has 2 amide bonds. The van der Waals surface area contributed by atoms with Gasteiger partial charge < -0.3 is 0 Å². The van der Waals surface area contributed by atoms with Crippen LogP contribution in [0.5, 0.6) is 0 Å². The Bertz CT molecular complexity index is 1190. The first kappa shape index (κ1) is 18.1. The second-order valence-electron chi connectivity index (χ2n) is 6.45. The summed E-state index contributed by atoms with van der Waals surface area (Å²) in [5.74, 6) is -0.441. The van der Waals surface area contributed by atoms with Crippen LogP contribution in [-0.4, -0.2) is 27.1 Å². The minimum atomic E-state index is -0.527. The molecule has 4 rings (SSSR count). The van der Waals surface area contributed by atoms with Gasteiger partial charge >= 0.3 is 0 Å². The number of hydrogen-bond donors (Lipinski definition) is 2. The second-order valence-corrected chi connectivity index (χ2v) is 7.53. The van der Waals surface area contributed by atoms with Crippen LogP contribution in [0.1, 0.15) is 48.9 Å². The van der Waals surface area contributed by atoms with E-state index in [1.54, 1.807) is 16.7 Å². The summed E-state index contributed by atoms with van der Waals surface area (Å²) in [4.78, 5) is 53.5. The van der Waals surface area contributed by atoms with Gasteiger partial charge in [-0.1, -0.05) is 0 Å². The van der Waals surface area contributed by atoms with Gasteiger partial charge in [-0.25, -0.2) is 4.98 Å². The van der Waals surface area contributed by atoms with Crippen LogP contribution in [0.2, 0.25) is 0 Å². The van der Waals surface area contributed by atoms with Crippen molar-refractivity contribution in [3.63, 3.8) is 0 Å². The summed E-state index contributed by atoms with van der Waals surface area (Å²) in [6, 6.07) is 7.72. The molecule has 9 heteroatoms. The fraction of sp³-hybridized carbons (Fsp3) is 0.211. The molecule has 8 nitrogen and oxygen atoms in total. The van der Waals surface area contributed by atoms with E-state index in [4.69, 9.17) is 0 Å². The molecule has 2 aromatic heterocycles. The number of aryl methyl sites for hydroxylation is 1. The van der Waals surface area contributed by atoms with Crippen molar-refractivity contribution in [1.29, 1.82) is 0 Å². The summed E-state index contributed by atoms with van der Waals surface area (Å²) in [6.07, 6.45) is 1.62. The van der Waals surface area contributed by atoms with Gasteiger partial charge in [0.05, 0.1) is 20.7 Å². The maximum Gasteiger partial charge on any atom is 0.279 e. The SMILES string of the molecule is CC(=O)c1ccc(C(=O)NNC(=O)c2ccc3c(=O)n4c(nc3c2)CCC4)s1. The molecule has 0 saturated heterocycles. The fourth-order valence-electron chi connectivity index (χ4n) is 3.12. The number of amides is 2. The molecule has 3 heterocycles. The zero-order chi connectivity index (χ0) is 19.8. The van der Waals surface area contributed by atoms with E-state index in [0.717, 1.165) is 30.0 Å². The van der Waals surface area contributed by atoms with E-state index in [1.165, 1.54) is 25.1 Å². The van der Waals surface area contributed by atoms with Gasteiger partial charge in [-0.05, 0) is 43.7 Å². The molecule has 0 saturated carbocycles. The largest absolute Gasteiger partial charge is 0.296 e. The molecule has 0 fully saturated rings. The highest BCUT2D eigenvalue weighted by Crippen LogP contribution is 2.17. The van der Waals surface area contributed by atoms with Crippen LogP contribution >= 0.6 is 11.3 Å². The predicted octanol–water partition coefficient (Wildman–Crippen LogP) is 1.68. The standard InChI is InChI=1S/C19H16N4O4S/c1-10(24)14-6-7-15(28-14)18(26)22-21-17(25)11-4-5-12-13(9-11)20-16-3-2-8-23(16)19(12)27/h4-7,9H,2-3,8H2,1H3,(H,21,25)(H,22,26). The molecule has 28 heavy (non-hydrogen) atoms. The number of thiophene rings is 1. The van der Waals surface area contributed by atoms with Crippen molar-refractivity contribution < 1.29 is 14.4 Å². The van der Waals surface area contributed by atoms with Crippen molar-refractivity contribution in [2.75, 3.05) is 0 Å². The van der Waals surface area contributed by atoms with Crippen molar-refractivity contribution >= 4 is 39.8 Å². The fourth-order valence-corrected chi connectivity index (χ4v) is 3.92. The summed E-state index contributed by atoms with van der Waals surface area (Å²) < 4.78 is 1.67. The smallest absolute Gasteiger partial charge is 0.279 e. The monoisotopic (exact) mass is 396 g/mol. The summed E-state index contributed by atoms with van der Waals surface area (Å²) in [5, 5.41) is 0.460. The van der Waals surface area contributed by atoms with Crippen LogP contribution in [0.15, 0.2) is 35.1 Å². The van der Waals surface area contributed by atoms with Gasteiger partial charge in [0.15, 0.2) is 5.78 Å². The molecule has 0 aliphatic carbocycles. The number of hydrogen-bond acceptors (Lipinski definition) is 6. The number of ketones is 1. The van der Waals surface area contributed by atoms with E-state index in [-0.39, 0.29) is 16.9 Å². The molecule has 1 aliphatic heterocycles. The van der Waals surface area contributed by atoms with Crippen molar-refractivity contribution in [3.8, 4) is 0 Å². The number of Topliss-reactive ketones (excluding diaryl/α,β-unsaturated/α-hetero) is 1. The third-order valence-corrected chi connectivity index (χ3v) is 5.73. The molecule has 0 unspecified atom stereocenters. The van der Waals surface area contributed by atoms with Gasteiger partial charge in [-0.3, -0.25) is 34.6 Å². The summed E-state index contributed by atoms with van der Waals surface area (Å²) >= 11 is 1.05. The topological polar surface area (TPSA) is 110 Å². The third-order valence-electron chi connectivity index (χ3n) is 4.55.